The Labute approximate surface area is 125 Å². The number of Topliss-reactive ketones (excluding diaryl/α,β-unsaturated/α-hetero) is 2. The number of benzene rings is 1. The zero-order valence-electron chi connectivity index (χ0n) is 11.6. The van der Waals surface area contributed by atoms with Gasteiger partial charge in [-0.15, -0.1) is 10.2 Å². The van der Waals surface area contributed by atoms with Gasteiger partial charge in [0.2, 0.25) is 11.6 Å². The van der Waals surface area contributed by atoms with Crippen molar-refractivity contribution in [2.75, 3.05) is 0 Å². The molecule has 0 fully saturated rings. The highest BCUT2D eigenvalue weighted by atomic mass is 16.2. The molecule has 110 valence electrons. The zero-order chi connectivity index (χ0) is 15.4. The first-order valence-electron chi connectivity index (χ1n) is 6.74. The highest BCUT2D eigenvalue weighted by molar-refractivity contribution is 6.43. The third-order valence-corrected chi connectivity index (χ3v) is 3.31. The Bertz CT molecular complexity index is 777. The molecule has 2 aromatic heterocycles. The van der Waals surface area contributed by atoms with Gasteiger partial charge < -0.3 is 4.98 Å². The fourth-order valence-electron chi connectivity index (χ4n) is 2.20. The first-order valence-corrected chi connectivity index (χ1v) is 6.74. The van der Waals surface area contributed by atoms with Crippen molar-refractivity contribution >= 4 is 11.6 Å². The van der Waals surface area contributed by atoms with Crippen LogP contribution in [-0.2, 0) is 17.6 Å². The van der Waals surface area contributed by atoms with Gasteiger partial charge in [-0.3, -0.25) is 9.59 Å². The summed E-state index contributed by atoms with van der Waals surface area (Å²) in [4.78, 5) is 27.0. The number of rotatable bonds is 6. The van der Waals surface area contributed by atoms with Gasteiger partial charge in [0.1, 0.15) is 0 Å². The molecular formula is C15H13N5O2. The number of aromatic nitrogens is 5. The van der Waals surface area contributed by atoms with Gasteiger partial charge in [0.15, 0.2) is 0 Å². The second-order valence-electron chi connectivity index (χ2n) is 4.81. The number of tetrazole rings is 1. The first kappa shape index (κ1) is 13.9. The van der Waals surface area contributed by atoms with Gasteiger partial charge in [0.05, 0.1) is 0 Å². The minimum Gasteiger partial charge on any atom is -0.364 e. The lowest BCUT2D eigenvalue weighted by Crippen LogP contribution is -2.18. The molecule has 0 bridgehead atoms. The van der Waals surface area contributed by atoms with Crippen molar-refractivity contribution in [2.24, 2.45) is 0 Å². The topological polar surface area (TPSA) is 104 Å². The van der Waals surface area contributed by atoms with Crippen LogP contribution in [0.15, 0.2) is 42.6 Å². The van der Waals surface area contributed by atoms with Crippen molar-refractivity contribution < 1.29 is 9.59 Å². The second-order valence-corrected chi connectivity index (χ2v) is 4.81. The quantitative estimate of drug-likeness (QED) is 0.523. The number of hydrogen-bond acceptors (Lipinski definition) is 5. The summed E-state index contributed by atoms with van der Waals surface area (Å²) >= 11 is 0. The molecule has 0 spiro atoms. The van der Waals surface area contributed by atoms with Crippen LogP contribution in [0.2, 0.25) is 0 Å². The largest absolute Gasteiger partial charge is 0.364 e. The zero-order valence-corrected chi connectivity index (χ0v) is 11.6. The van der Waals surface area contributed by atoms with Crippen LogP contribution in [0, 0.1) is 0 Å². The van der Waals surface area contributed by atoms with Crippen LogP contribution in [0.1, 0.15) is 27.4 Å². The molecule has 0 aliphatic rings. The average Bonchev–Trinajstić information content (AvgIpc) is 3.20. The summed E-state index contributed by atoms with van der Waals surface area (Å²) in [6.45, 7) is 0. The van der Waals surface area contributed by atoms with Gasteiger partial charge in [0, 0.05) is 24.7 Å². The number of nitrogens with one attached hydrogen (secondary N) is 2. The molecule has 3 aromatic rings. The third-order valence-electron chi connectivity index (χ3n) is 3.31. The number of hydrogen-bond donors (Lipinski definition) is 2. The Morgan fingerprint density at radius 3 is 2.64 bits per heavy atom. The monoisotopic (exact) mass is 295 g/mol. The molecule has 0 saturated heterocycles. The van der Waals surface area contributed by atoms with E-state index in [1.54, 1.807) is 12.3 Å². The summed E-state index contributed by atoms with van der Waals surface area (Å²) in [6, 6.07) is 11.7. The van der Waals surface area contributed by atoms with Gasteiger partial charge in [0.25, 0.3) is 5.78 Å². The predicted octanol–water partition coefficient (Wildman–Crippen LogP) is 1.11. The molecule has 2 heterocycles. The van der Waals surface area contributed by atoms with E-state index in [9.17, 15) is 9.59 Å². The van der Waals surface area contributed by atoms with Gasteiger partial charge in [-0.05, 0) is 22.4 Å². The lowest BCUT2D eigenvalue weighted by atomic mass is 10.0. The normalized spacial score (nSPS) is 10.5. The molecule has 0 saturated carbocycles. The number of carbonyl (C=O) groups excluding carboxylic acids is 2. The van der Waals surface area contributed by atoms with Gasteiger partial charge >= 0.3 is 0 Å². The van der Waals surface area contributed by atoms with E-state index in [0.717, 1.165) is 16.8 Å². The smallest absolute Gasteiger partial charge is 0.269 e. The lowest BCUT2D eigenvalue weighted by Gasteiger charge is -2.03. The molecule has 7 nitrogen and oxygen atoms in total. The lowest BCUT2D eigenvalue weighted by molar-refractivity contribution is -0.114. The molecule has 0 unspecified atom stereocenters. The molecule has 22 heavy (non-hydrogen) atoms. The number of nitrogens with zero attached hydrogens (tertiary/aromatic N) is 3. The molecule has 7 heteroatoms. The van der Waals surface area contributed by atoms with E-state index in [1.165, 1.54) is 0 Å². The summed E-state index contributed by atoms with van der Waals surface area (Å²) in [5.41, 5.74) is 2.84. The summed E-state index contributed by atoms with van der Waals surface area (Å²) in [5, 5.41) is 12.5. The van der Waals surface area contributed by atoms with Crippen LogP contribution in [0.4, 0.5) is 0 Å². The maximum absolute atomic E-state index is 12.0. The van der Waals surface area contributed by atoms with Crippen molar-refractivity contribution in [2.45, 2.75) is 12.8 Å². The summed E-state index contributed by atoms with van der Waals surface area (Å²) in [5.74, 6) is -1.50. The molecule has 2 N–H and O–H groups in total. The van der Waals surface area contributed by atoms with E-state index in [1.807, 2.05) is 30.3 Å². The van der Waals surface area contributed by atoms with Crippen molar-refractivity contribution in [3.8, 4) is 0 Å². The summed E-state index contributed by atoms with van der Waals surface area (Å²) in [7, 11) is 0. The molecule has 0 radical (unpaired) electrons. The maximum Gasteiger partial charge on any atom is 0.269 e. The van der Waals surface area contributed by atoms with E-state index < -0.39 is 11.6 Å². The number of aromatic amines is 2. The highest BCUT2D eigenvalue weighted by Crippen LogP contribution is 2.14. The van der Waals surface area contributed by atoms with Crippen LogP contribution < -0.4 is 0 Å². The van der Waals surface area contributed by atoms with E-state index in [0.29, 0.717) is 6.42 Å². The number of ketones is 2. The van der Waals surface area contributed by atoms with Gasteiger partial charge in [-0.1, -0.05) is 30.3 Å². The van der Waals surface area contributed by atoms with Gasteiger partial charge in [-0.2, -0.15) is 5.21 Å². The van der Waals surface area contributed by atoms with Crippen molar-refractivity contribution in [3.63, 3.8) is 0 Å². The van der Waals surface area contributed by atoms with Crippen LogP contribution >= 0.6 is 0 Å². The Hall–Kier alpha value is -3.09. The first-order chi connectivity index (χ1) is 10.7. The van der Waals surface area contributed by atoms with E-state index in [-0.39, 0.29) is 12.2 Å². The van der Waals surface area contributed by atoms with E-state index >= 15 is 0 Å². The maximum atomic E-state index is 12.0. The van der Waals surface area contributed by atoms with Crippen molar-refractivity contribution in [1.29, 1.82) is 0 Å². The fraction of sp³-hybridized carbons (Fsp3) is 0.133. The second kappa shape index (κ2) is 6.13. The standard InChI is InChI=1S/C15H13N5O2/c21-13(14(22)15-17-19-20-18-15)9-11-6-7-16-12(11)8-10-4-2-1-3-5-10/h1-7,16H,8-9H2,(H,17,18,19,20). The minimum absolute atomic E-state index is 0.0129. The predicted molar refractivity (Wildman–Crippen MR) is 77.3 cm³/mol. The van der Waals surface area contributed by atoms with Crippen LogP contribution in [0.5, 0.6) is 0 Å². The minimum atomic E-state index is -0.736. The molecule has 3 rings (SSSR count). The molecule has 1 aromatic carbocycles. The Kier molecular flexibility index (Phi) is 3.86. The Morgan fingerprint density at radius 1 is 1.09 bits per heavy atom. The molecule has 0 amide bonds. The van der Waals surface area contributed by atoms with Crippen LogP contribution in [0.25, 0.3) is 0 Å². The number of H-pyrrole nitrogens is 2. The fourth-order valence-corrected chi connectivity index (χ4v) is 2.20. The average molecular weight is 295 g/mol. The molecule has 0 aliphatic heterocycles. The molecule has 0 atom stereocenters. The van der Waals surface area contributed by atoms with E-state index in [4.69, 9.17) is 0 Å². The van der Waals surface area contributed by atoms with Crippen molar-refractivity contribution in [1.82, 2.24) is 25.6 Å². The molecule has 0 aliphatic carbocycles. The van der Waals surface area contributed by atoms with Crippen LogP contribution in [-0.4, -0.2) is 37.2 Å². The van der Waals surface area contributed by atoms with Crippen LogP contribution in [0.3, 0.4) is 0 Å². The van der Waals surface area contributed by atoms with Gasteiger partial charge in [-0.25, -0.2) is 0 Å². The molecular weight excluding hydrogens is 282 g/mol. The summed E-state index contributed by atoms with van der Waals surface area (Å²) < 4.78 is 0. The van der Waals surface area contributed by atoms with E-state index in [2.05, 4.69) is 25.6 Å². The summed E-state index contributed by atoms with van der Waals surface area (Å²) in [6.07, 6.45) is 2.45. The Balaban J connectivity index is 1.72. The SMILES string of the molecule is O=C(Cc1cc[nH]c1Cc1ccccc1)C(=O)c1nn[nH]n1. The highest BCUT2D eigenvalue weighted by Gasteiger charge is 2.22. The third kappa shape index (κ3) is 2.98. The number of carbonyl (C=O) groups is 2. The van der Waals surface area contributed by atoms with Crippen molar-refractivity contribution in [3.05, 3.63) is 65.2 Å². The Morgan fingerprint density at radius 2 is 1.91 bits per heavy atom.